The summed E-state index contributed by atoms with van der Waals surface area (Å²) >= 11 is 0. The van der Waals surface area contributed by atoms with E-state index in [0.29, 0.717) is 17.2 Å². The highest BCUT2D eigenvalue weighted by Crippen LogP contribution is 2.20. The van der Waals surface area contributed by atoms with Gasteiger partial charge in [-0.3, -0.25) is 4.79 Å². The molecule has 0 aliphatic carbocycles. The highest BCUT2D eigenvalue weighted by atomic mass is 16.4. The number of amides is 1. The molecule has 0 aromatic carbocycles. The molecular weight excluding hydrogens is 320 g/mol. The van der Waals surface area contributed by atoms with Crippen molar-refractivity contribution in [3.05, 3.63) is 48.2 Å². The summed E-state index contributed by atoms with van der Waals surface area (Å²) in [5, 5.41) is 18.2. The Bertz CT molecular complexity index is 866. The fraction of sp³-hybridized carbons (Fsp3) is 0.389. The SMILES string of the molecule is CC(C)Cn1ncc2cc(C(=O)NCC(C)(O)c3ccco3)cnc21. The maximum Gasteiger partial charge on any atom is 0.252 e. The number of carbonyl (C=O) groups excluding carboxylic acids is 1. The summed E-state index contributed by atoms with van der Waals surface area (Å²) < 4.78 is 7.04. The number of carbonyl (C=O) groups is 1. The van der Waals surface area contributed by atoms with Gasteiger partial charge >= 0.3 is 0 Å². The third-order valence-corrected chi connectivity index (χ3v) is 3.92. The Hall–Kier alpha value is -2.67. The van der Waals surface area contributed by atoms with E-state index < -0.39 is 5.60 Å². The second kappa shape index (κ2) is 6.68. The standard InChI is InChI=1S/C18H22N4O3/c1-12(2)10-22-16-13(9-21-22)7-14(8-19-16)17(23)20-11-18(3,24)15-5-4-6-25-15/h4-9,12,24H,10-11H2,1-3H3,(H,20,23). The molecule has 7 heteroatoms. The molecule has 3 heterocycles. The number of pyridine rings is 1. The number of fused-ring (bicyclic) bond motifs is 1. The smallest absolute Gasteiger partial charge is 0.252 e. The van der Waals surface area contributed by atoms with E-state index in [1.54, 1.807) is 31.3 Å². The highest BCUT2D eigenvalue weighted by Gasteiger charge is 2.27. The van der Waals surface area contributed by atoms with E-state index in [1.807, 2.05) is 4.68 Å². The van der Waals surface area contributed by atoms with E-state index >= 15 is 0 Å². The van der Waals surface area contributed by atoms with Gasteiger partial charge in [0.2, 0.25) is 0 Å². The first-order chi connectivity index (χ1) is 11.9. The molecule has 0 bridgehead atoms. The number of aromatic nitrogens is 3. The lowest BCUT2D eigenvalue weighted by Gasteiger charge is -2.21. The van der Waals surface area contributed by atoms with Crippen molar-refractivity contribution in [3.63, 3.8) is 0 Å². The van der Waals surface area contributed by atoms with Crippen LogP contribution >= 0.6 is 0 Å². The minimum atomic E-state index is -1.28. The molecule has 132 valence electrons. The number of furan rings is 1. The molecule has 0 saturated heterocycles. The lowest BCUT2D eigenvalue weighted by Crippen LogP contribution is -2.38. The van der Waals surface area contributed by atoms with Crippen LogP contribution < -0.4 is 5.32 Å². The molecular formula is C18H22N4O3. The first-order valence-electron chi connectivity index (χ1n) is 8.23. The van der Waals surface area contributed by atoms with Crippen molar-refractivity contribution in [2.75, 3.05) is 6.54 Å². The van der Waals surface area contributed by atoms with Crippen LogP contribution in [0.3, 0.4) is 0 Å². The van der Waals surface area contributed by atoms with E-state index in [2.05, 4.69) is 29.2 Å². The summed E-state index contributed by atoms with van der Waals surface area (Å²) in [5.41, 5.74) is -0.0987. The van der Waals surface area contributed by atoms with Crippen LogP contribution in [0.4, 0.5) is 0 Å². The van der Waals surface area contributed by atoms with Crippen molar-refractivity contribution >= 4 is 16.9 Å². The molecule has 3 aromatic rings. The average Bonchev–Trinajstić information content (AvgIpc) is 3.22. The van der Waals surface area contributed by atoms with Crippen LogP contribution in [-0.4, -0.2) is 32.3 Å². The highest BCUT2D eigenvalue weighted by molar-refractivity contribution is 5.96. The predicted octanol–water partition coefficient (Wildman–Crippen LogP) is 2.32. The van der Waals surface area contributed by atoms with Gasteiger partial charge in [-0.1, -0.05) is 13.8 Å². The summed E-state index contributed by atoms with van der Waals surface area (Å²) in [6.45, 7) is 6.61. The second-order valence-corrected chi connectivity index (χ2v) is 6.79. The van der Waals surface area contributed by atoms with E-state index in [-0.39, 0.29) is 12.5 Å². The fourth-order valence-corrected chi connectivity index (χ4v) is 2.60. The van der Waals surface area contributed by atoms with Crippen molar-refractivity contribution in [2.24, 2.45) is 5.92 Å². The molecule has 0 radical (unpaired) electrons. The van der Waals surface area contributed by atoms with Gasteiger partial charge in [0.25, 0.3) is 5.91 Å². The van der Waals surface area contributed by atoms with Gasteiger partial charge in [0.15, 0.2) is 5.65 Å². The Morgan fingerprint density at radius 2 is 2.24 bits per heavy atom. The van der Waals surface area contributed by atoms with Gasteiger partial charge < -0.3 is 14.8 Å². The molecule has 2 N–H and O–H groups in total. The van der Waals surface area contributed by atoms with Gasteiger partial charge in [-0.2, -0.15) is 5.10 Å². The molecule has 7 nitrogen and oxygen atoms in total. The third kappa shape index (κ3) is 3.71. The summed E-state index contributed by atoms with van der Waals surface area (Å²) in [6, 6.07) is 5.12. The second-order valence-electron chi connectivity index (χ2n) is 6.79. The van der Waals surface area contributed by atoms with Gasteiger partial charge in [-0.05, 0) is 31.0 Å². The lowest BCUT2D eigenvalue weighted by molar-refractivity contribution is 0.0330. The quantitative estimate of drug-likeness (QED) is 0.717. The molecule has 0 aliphatic heterocycles. The number of nitrogens with one attached hydrogen (secondary N) is 1. The number of hydrogen-bond acceptors (Lipinski definition) is 5. The van der Waals surface area contributed by atoms with Crippen molar-refractivity contribution in [2.45, 2.75) is 32.9 Å². The summed E-state index contributed by atoms with van der Waals surface area (Å²) in [6.07, 6.45) is 4.72. The lowest BCUT2D eigenvalue weighted by atomic mass is 10.0. The van der Waals surface area contributed by atoms with Gasteiger partial charge in [0.05, 0.1) is 24.6 Å². The van der Waals surface area contributed by atoms with Gasteiger partial charge in [-0.15, -0.1) is 0 Å². The number of nitrogens with zero attached hydrogens (tertiary/aromatic N) is 3. The molecule has 1 amide bonds. The van der Waals surface area contributed by atoms with E-state index in [1.165, 1.54) is 12.5 Å². The van der Waals surface area contributed by atoms with E-state index in [0.717, 1.165) is 17.6 Å². The summed E-state index contributed by atoms with van der Waals surface area (Å²) in [5.74, 6) is 0.547. The van der Waals surface area contributed by atoms with Crippen LogP contribution in [0.15, 0.2) is 41.3 Å². The molecule has 25 heavy (non-hydrogen) atoms. The Morgan fingerprint density at radius 1 is 1.44 bits per heavy atom. The zero-order valence-electron chi connectivity index (χ0n) is 14.6. The van der Waals surface area contributed by atoms with Crippen molar-refractivity contribution in [1.82, 2.24) is 20.1 Å². The average molecular weight is 342 g/mol. The minimum Gasteiger partial charge on any atom is -0.466 e. The van der Waals surface area contributed by atoms with Crippen molar-refractivity contribution < 1.29 is 14.3 Å². The van der Waals surface area contributed by atoms with Crippen molar-refractivity contribution in [3.8, 4) is 0 Å². The molecule has 3 aromatic heterocycles. The van der Waals surface area contributed by atoms with Crippen LogP contribution in [0.5, 0.6) is 0 Å². The molecule has 0 spiro atoms. The molecule has 0 aliphatic rings. The Balaban J connectivity index is 1.72. The number of rotatable bonds is 6. The third-order valence-electron chi connectivity index (χ3n) is 3.92. The van der Waals surface area contributed by atoms with Crippen LogP contribution in [0.25, 0.3) is 11.0 Å². The van der Waals surface area contributed by atoms with Gasteiger partial charge in [-0.25, -0.2) is 9.67 Å². The first kappa shape index (κ1) is 17.2. The van der Waals surface area contributed by atoms with E-state index in [4.69, 9.17) is 4.42 Å². The van der Waals surface area contributed by atoms with Gasteiger partial charge in [0, 0.05) is 18.1 Å². The molecule has 0 saturated carbocycles. The maximum atomic E-state index is 12.4. The monoisotopic (exact) mass is 342 g/mol. The maximum absolute atomic E-state index is 12.4. The molecule has 1 atom stereocenters. The van der Waals surface area contributed by atoms with Crippen LogP contribution in [0.1, 0.15) is 36.9 Å². The zero-order valence-corrected chi connectivity index (χ0v) is 14.6. The minimum absolute atomic E-state index is 0.0317. The Kier molecular flexibility index (Phi) is 4.59. The molecule has 1 unspecified atom stereocenters. The largest absolute Gasteiger partial charge is 0.466 e. The summed E-state index contributed by atoms with van der Waals surface area (Å²) in [7, 11) is 0. The van der Waals surface area contributed by atoms with Crippen molar-refractivity contribution in [1.29, 1.82) is 0 Å². The molecule has 3 rings (SSSR count). The Labute approximate surface area is 145 Å². The number of hydrogen-bond donors (Lipinski definition) is 2. The number of aliphatic hydroxyl groups is 1. The topological polar surface area (TPSA) is 93.2 Å². The predicted molar refractivity (Wildman–Crippen MR) is 93.0 cm³/mol. The van der Waals surface area contributed by atoms with Crippen LogP contribution in [0, 0.1) is 5.92 Å². The summed E-state index contributed by atoms with van der Waals surface area (Å²) in [4.78, 5) is 16.7. The normalized spacial score (nSPS) is 14.0. The first-order valence-corrected chi connectivity index (χ1v) is 8.23. The van der Waals surface area contributed by atoms with E-state index in [9.17, 15) is 9.90 Å². The van der Waals surface area contributed by atoms with Crippen LogP contribution in [-0.2, 0) is 12.1 Å². The van der Waals surface area contributed by atoms with Gasteiger partial charge in [0.1, 0.15) is 11.4 Å². The fourth-order valence-electron chi connectivity index (χ4n) is 2.60. The van der Waals surface area contributed by atoms with Crippen LogP contribution in [0.2, 0.25) is 0 Å². The molecule has 0 fully saturated rings. The zero-order chi connectivity index (χ0) is 18.0. The Morgan fingerprint density at radius 3 is 2.92 bits per heavy atom.